The summed E-state index contributed by atoms with van der Waals surface area (Å²) < 4.78 is 46.3. The molecule has 0 bridgehead atoms. The zero-order chi connectivity index (χ0) is 34.4. The Kier molecular flexibility index (Phi) is 11.6. The van der Waals surface area contributed by atoms with Crippen molar-refractivity contribution in [3.05, 3.63) is 129 Å². The molecule has 7 nitrogen and oxygen atoms in total. The lowest BCUT2D eigenvalue weighted by Gasteiger charge is -2.19. The normalized spacial score (nSPS) is 12.6. The molecular weight excluding hydrogens is 662 g/mol. The molecule has 0 aliphatic carbocycles. The van der Waals surface area contributed by atoms with Gasteiger partial charge < -0.3 is 10.6 Å². The number of anilines is 1. The third-order valence-corrected chi connectivity index (χ3v) is 8.57. The molecular formula is C36H35Cl2FN2O5S. The minimum Gasteiger partial charge on any atom is -0.351 e. The van der Waals surface area contributed by atoms with Gasteiger partial charge >= 0.3 is 0 Å². The second kappa shape index (κ2) is 15.3. The van der Waals surface area contributed by atoms with Crippen molar-refractivity contribution < 1.29 is 27.0 Å². The van der Waals surface area contributed by atoms with Crippen molar-refractivity contribution in [3.8, 4) is 11.1 Å². The van der Waals surface area contributed by atoms with Gasteiger partial charge in [0.1, 0.15) is 0 Å². The molecule has 0 aliphatic rings. The Hall–Kier alpha value is -4.02. The van der Waals surface area contributed by atoms with Crippen LogP contribution in [0.3, 0.4) is 0 Å². The molecule has 4 aromatic carbocycles. The van der Waals surface area contributed by atoms with Crippen LogP contribution in [-0.4, -0.2) is 37.1 Å². The van der Waals surface area contributed by atoms with Crippen LogP contribution in [0.15, 0.2) is 91.0 Å². The van der Waals surface area contributed by atoms with E-state index in [1.807, 2.05) is 30.3 Å². The minimum atomic E-state index is -4.21. The van der Waals surface area contributed by atoms with Crippen molar-refractivity contribution >= 4 is 56.9 Å². The van der Waals surface area contributed by atoms with Gasteiger partial charge in [-0.15, -0.1) is 0 Å². The third-order valence-electron chi connectivity index (χ3n) is 7.23. The van der Waals surface area contributed by atoms with Crippen molar-refractivity contribution in [2.24, 2.45) is 5.41 Å². The van der Waals surface area contributed by atoms with Crippen LogP contribution in [0, 0.1) is 11.2 Å². The molecule has 11 heteroatoms. The van der Waals surface area contributed by atoms with Gasteiger partial charge in [0.25, 0.3) is 16.0 Å². The first-order valence-electron chi connectivity index (χ1n) is 14.8. The first-order chi connectivity index (χ1) is 22.1. The molecule has 4 rings (SSSR count). The molecule has 0 saturated heterocycles. The average Bonchev–Trinajstić information content (AvgIpc) is 3.01. The van der Waals surface area contributed by atoms with Crippen LogP contribution < -0.4 is 10.6 Å². The first kappa shape index (κ1) is 35.8. The number of nitrogens with one attached hydrogen (secondary N) is 2. The van der Waals surface area contributed by atoms with E-state index in [4.69, 9.17) is 27.8 Å². The largest absolute Gasteiger partial charge is 0.351 e. The minimum absolute atomic E-state index is 0.00481. The summed E-state index contributed by atoms with van der Waals surface area (Å²) in [7, 11) is -4.21. The fourth-order valence-electron chi connectivity index (χ4n) is 4.69. The molecule has 0 aromatic heterocycles. The van der Waals surface area contributed by atoms with Crippen LogP contribution in [0.5, 0.6) is 0 Å². The molecule has 0 heterocycles. The zero-order valence-corrected chi connectivity index (χ0v) is 28.4. The van der Waals surface area contributed by atoms with Gasteiger partial charge in [0.05, 0.1) is 22.4 Å². The van der Waals surface area contributed by atoms with Crippen molar-refractivity contribution in [1.29, 1.82) is 0 Å². The number of allylic oxidation sites excluding steroid dienone is 1. The van der Waals surface area contributed by atoms with E-state index < -0.39 is 39.4 Å². The smallest absolute Gasteiger partial charge is 0.266 e. The highest BCUT2D eigenvalue weighted by molar-refractivity contribution is 7.85. The van der Waals surface area contributed by atoms with Crippen molar-refractivity contribution in [2.45, 2.75) is 33.1 Å². The Morgan fingerprint density at radius 1 is 0.915 bits per heavy atom. The van der Waals surface area contributed by atoms with Crippen LogP contribution in [0.2, 0.25) is 10.0 Å². The molecule has 0 radical (unpaired) electrons. The summed E-state index contributed by atoms with van der Waals surface area (Å²) in [6, 6.07) is 24.0. The van der Waals surface area contributed by atoms with E-state index in [2.05, 4.69) is 37.5 Å². The van der Waals surface area contributed by atoms with Crippen LogP contribution in [-0.2, 0) is 21.3 Å². The predicted octanol–water partition coefficient (Wildman–Crippen LogP) is 8.44. The number of halogens is 3. The molecule has 0 aliphatic heterocycles. The quantitative estimate of drug-likeness (QED) is 0.136. The van der Waals surface area contributed by atoms with Crippen LogP contribution >= 0.6 is 23.2 Å². The fraction of sp³-hybridized carbons (Fsp3) is 0.222. The topological polar surface area (TPSA) is 113 Å². The SMILES string of the molecule is CC(C)(C)/C=C/c1ccc(C(Cc2ccc(C(=O)NCCS(=O)(=O)O)cc2)C(=O)Nc2ccc(-c3ccc(Cl)cc3)c(Cl)c2F)cc1. The van der Waals surface area contributed by atoms with Crippen molar-refractivity contribution in [3.63, 3.8) is 0 Å². The van der Waals surface area contributed by atoms with Crippen LogP contribution in [0.1, 0.15) is 53.7 Å². The average molecular weight is 698 g/mol. The van der Waals surface area contributed by atoms with E-state index in [1.54, 1.807) is 54.6 Å². The fourth-order valence-corrected chi connectivity index (χ4v) is 5.45. The molecule has 2 amide bonds. The summed E-state index contributed by atoms with van der Waals surface area (Å²) in [6.07, 6.45) is 4.33. The van der Waals surface area contributed by atoms with E-state index in [-0.39, 0.29) is 34.7 Å². The van der Waals surface area contributed by atoms with E-state index in [0.717, 1.165) is 11.1 Å². The Balaban J connectivity index is 1.58. The Morgan fingerprint density at radius 3 is 2.15 bits per heavy atom. The molecule has 0 spiro atoms. The summed E-state index contributed by atoms with van der Waals surface area (Å²) in [5.74, 6) is -3.07. The summed E-state index contributed by atoms with van der Waals surface area (Å²) in [5, 5.41) is 5.55. The molecule has 1 unspecified atom stereocenters. The third kappa shape index (κ3) is 10.5. The molecule has 3 N–H and O–H groups in total. The van der Waals surface area contributed by atoms with Crippen LogP contribution in [0.25, 0.3) is 17.2 Å². The van der Waals surface area contributed by atoms with E-state index in [0.29, 0.717) is 21.7 Å². The number of amides is 2. The van der Waals surface area contributed by atoms with Crippen molar-refractivity contribution in [2.75, 3.05) is 17.6 Å². The highest BCUT2D eigenvalue weighted by Crippen LogP contribution is 2.35. The maximum absolute atomic E-state index is 15.5. The van der Waals surface area contributed by atoms with Gasteiger partial charge in [-0.1, -0.05) is 111 Å². The second-order valence-electron chi connectivity index (χ2n) is 12.1. The van der Waals surface area contributed by atoms with E-state index in [1.165, 1.54) is 6.07 Å². The van der Waals surface area contributed by atoms with Gasteiger partial charge in [-0.25, -0.2) is 4.39 Å². The zero-order valence-electron chi connectivity index (χ0n) is 26.1. The Bertz CT molecular complexity index is 1870. The molecule has 4 aromatic rings. The number of benzene rings is 4. The highest BCUT2D eigenvalue weighted by atomic mass is 35.5. The van der Waals surface area contributed by atoms with E-state index >= 15 is 4.39 Å². The number of carbonyl (C=O) groups is 2. The highest BCUT2D eigenvalue weighted by Gasteiger charge is 2.24. The van der Waals surface area contributed by atoms with Gasteiger partial charge in [0.15, 0.2) is 5.82 Å². The first-order valence-corrected chi connectivity index (χ1v) is 17.1. The van der Waals surface area contributed by atoms with Gasteiger partial charge in [-0.2, -0.15) is 8.42 Å². The summed E-state index contributed by atoms with van der Waals surface area (Å²) in [4.78, 5) is 26.2. The number of carbonyl (C=O) groups excluding carboxylic acids is 2. The molecule has 0 saturated carbocycles. The molecule has 47 heavy (non-hydrogen) atoms. The van der Waals surface area contributed by atoms with Gasteiger partial charge in [-0.3, -0.25) is 14.1 Å². The number of rotatable bonds is 11. The maximum atomic E-state index is 15.5. The monoisotopic (exact) mass is 696 g/mol. The standard InChI is InChI=1S/C36H35Cl2FN2O5S/c1-36(2,3)19-18-23-4-8-26(9-5-23)30(22-24-6-10-27(11-7-24)34(42)40-20-21-47(44,45)46)35(43)41-31-17-16-29(32(38)33(31)39)25-12-14-28(37)15-13-25/h4-19,30H,20-22H2,1-3H3,(H,40,42)(H,41,43)(H,44,45,46)/b19-18+. The Labute approximate surface area is 284 Å². The lowest BCUT2D eigenvalue weighted by atomic mass is 9.89. The molecule has 246 valence electrons. The summed E-state index contributed by atoms with van der Waals surface area (Å²) in [5.41, 5.74) is 3.72. The molecule has 1 atom stereocenters. The lowest BCUT2D eigenvalue weighted by Crippen LogP contribution is -2.28. The predicted molar refractivity (Wildman–Crippen MR) is 187 cm³/mol. The van der Waals surface area contributed by atoms with Gasteiger partial charge in [0.2, 0.25) is 5.91 Å². The van der Waals surface area contributed by atoms with Gasteiger partial charge in [0, 0.05) is 22.7 Å². The Morgan fingerprint density at radius 2 is 1.55 bits per heavy atom. The number of hydrogen-bond donors (Lipinski definition) is 3. The van der Waals surface area contributed by atoms with Crippen LogP contribution in [0.4, 0.5) is 10.1 Å². The summed E-state index contributed by atoms with van der Waals surface area (Å²) in [6.45, 7) is 6.05. The van der Waals surface area contributed by atoms with Crippen molar-refractivity contribution in [1.82, 2.24) is 5.32 Å². The summed E-state index contributed by atoms with van der Waals surface area (Å²) >= 11 is 12.4. The lowest BCUT2D eigenvalue weighted by molar-refractivity contribution is -0.117. The number of hydrogen-bond acceptors (Lipinski definition) is 4. The van der Waals surface area contributed by atoms with Gasteiger partial charge in [-0.05, 0) is 64.4 Å². The maximum Gasteiger partial charge on any atom is 0.266 e. The molecule has 0 fully saturated rings. The van der Waals surface area contributed by atoms with E-state index in [9.17, 15) is 18.0 Å². The second-order valence-corrected chi connectivity index (χ2v) is 14.5.